The zero-order valence-electron chi connectivity index (χ0n) is 7.75. The summed E-state index contributed by atoms with van der Waals surface area (Å²) < 4.78 is 36.8. The summed E-state index contributed by atoms with van der Waals surface area (Å²) in [5.41, 5.74) is 0. The third-order valence-corrected chi connectivity index (χ3v) is 1.49. The van der Waals surface area contributed by atoms with Gasteiger partial charge in [-0.2, -0.15) is 8.42 Å². The van der Waals surface area contributed by atoms with E-state index in [-0.39, 0.29) is 12.2 Å². The number of aliphatic hydroxyl groups excluding tert-OH is 1. The van der Waals surface area contributed by atoms with Crippen molar-refractivity contribution in [1.82, 2.24) is 5.32 Å². The Morgan fingerprint density at radius 2 is 2.00 bits per heavy atom. The first-order chi connectivity index (χ1) is 6.30. The second-order valence-electron chi connectivity index (χ2n) is 2.80. The first kappa shape index (κ1) is 13.8. The van der Waals surface area contributed by atoms with Gasteiger partial charge in [0.25, 0.3) is 0 Å². The van der Waals surface area contributed by atoms with Gasteiger partial charge in [-0.3, -0.25) is 9.11 Å². The predicted molar refractivity (Wildman–Crippen MR) is 48.5 cm³/mol. The maximum atomic E-state index is 9.01. The van der Waals surface area contributed by atoms with E-state index in [1.54, 1.807) is 6.92 Å². The number of hydrogen-bond donors (Lipinski definition) is 4. The van der Waals surface area contributed by atoms with Crippen LogP contribution in [-0.2, 0) is 15.1 Å². The van der Waals surface area contributed by atoms with Crippen LogP contribution >= 0.6 is 0 Å². The van der Waals surface area contributed by atoms with Gasteiger partial charge in [-0.25, -0.2) is 0 Å². The summed E-state index contributed by atoms with van der Waals surface area (Å²) in [5, 5.41) is 12.1. The third-order valence-electron chi connectivity index (χ3n) is 1.49. The first-order valence-corrected chi connectivity index (χ1v) is 5.40. The Morgan fingerprint density at radius 3 is 2.21 bits per heavy atom. The molecule has 2 unspecified atom stereocenters. The van der Waals surface area contributed by atoms with Crippen LogP contribution in [0.5, 0.6) is 0 Å². The van der Waals surface area contributed by atoms with E-state index in [1.165, 1.54) is 0 Å². The van der Waals surface area contributed by atoms with E-state index in [2.05, 4.69) is 5.32 Å². The van der Waals surface area contributed by atoms with Crippen molar-refractivity contribution in [2.75, 3.05) is 19.7 Å². The summed E-state index contributed by atoms with van der Waals surface area (Å²) in [6.45, 7) is 4.15. The largest absolute Gasteiger partial charge is 0.394 e. The molecule has 4 N–H and O–H groups in total. The molecule has 2 atom stereocenters. The molecule has 14 heavy (non-hydrogen) atoms. The maximum Gasteiger partial charge on any atom is 0.394 e. The summed E-state index contributed by atoms with van der Waals surface area (Å²) in [4.78, 5) is 0. The molecule has 8 heteroatoms. The summed E-state index contributed by atoms with van der Waals surface area (Å²) in [7, 11) is -4.67. The number of hydrogen-bond acceptors (Lipinski definition) is 5. The summed E-state index contributed by atoms with van der Waals surface area (Å²) in [6.07, 6.45) is -0.350. The number of rotatable bonds is 1. The van der Waals surface area contributed by atoms with E-state index in [9.17, 15) is 0 Å². The van der Waals surface area contributed by atoms with E-state index >= 15 is 0 Å². The Hall–Kier alpha value is -0.250. The van der Waals surface area contributed by atoms with Gasteiger partial charge in [0.15, 0.2) is 0 Å². The van der Waals surface area contributed by atoms with Crippen molar-refractivity contribution in [2.45, 2.75) is 19.1 Å². The number of aliphatic hydroxyl groups is 1. The van der Waals surface area contributed by atoms with Crippen LogP contribution in [0, 0.1) is 0 Å². The van der Waals surface area contributed by atoms with E-state index in [1.807, 2.05) is 0 Å². The Morgan fingerprint density at radius 1 is 1.50 bits per heavy atom. The van der Waals surface area contributed by atoms with Crippen LogP contribution in [-0.4, -0.2) is 54.5 Å². The highest BCUT2D eigenvalue weighted by Crippen LogP contribution is 2.00. The zero-order chi connectivity index (χ0) is 11.2. The van der Waals surface area contributed by atoms with Gasteiger partial charge in [-0.15, -0.1) is 0 Å². The molecule has 1 rings (SSSR count). The molecular formula is C6H15NO6S. The van der Waals surface area contributed by atoms with Crippen molar-refractivity contribution in [3.8, 4) is 0 Å². The van der Waals surface area contributed by atoms with Crippen molar-refractivity contribution >= 4 is 10.4 Å². The first-order valence-electron chi connectivity index (χ1n) is 4.01. The van der Waals surface area contributed by atoms with Crippen molar-refractivity contribution in [3.05, 3.63) is 0 Å². The summed E-state index contributed by atoms with van der Waals surface area (Å²) in [6, 6.07) is 0. The topological polar surface area (TPSA) is 116 Å². The number of morpholine rings is 1. The van der Waals surface area contributed by atoms with Gasteiger partial charge >= 0.3 is 10.4 Å². The van der Waals surface area contributed by atoms with E-state index < -0.39 is 10.4 Å². The lowest BCUT2D eigenvalue weighted by Gasteiger charge is -2.25. The predicted octanol–water partition coefficient (Wildman–Crippen LogP) is -1.30. The van der Waals surface area contributed by atoms with Crippen molar-refractivity contribution in [3.63, 3.8) is 0 Å². The van der Waals surface area contributed by atoms with Gasteiger partial charge in [-0.05, 0) is 6.92 Å². The highest BCUT2D eigenvalue weighted by atomic mass is 32.3. The van der Waals surface area contributed by atoms with Gasteiger partial charge in [0.1, 0.15) is 0 Å². The SMILES string of the molecule is CC(O)C1CNCCO1.O=S(=O)(O)O. The average molecular weight is 229 g/mol. The van der Waals surface area contributed by atoms with E-state index in [4.69, 9.17) is 27.4 Å². The maximum absolute atomic E-state index is 9.01. The molecule has 0 bridgehead atoms. The van der Waals surface area contributed by atoms with Crippen LogP contribution in [0.3, 0.4) is 0 Å². The second-order valence-corrected chi connectivity index (χ2v) is 3.70. The normalized spacial score (nSPS) is 24.7. The fourth-order valence-electron chi connectivity index (χ4n) is 0.896. The number of nitrogens with one attached hydrogen (secondary N) is 1. The zero-order valence-corrected chi connectivity index (χ0v) is 8.57. The minimum absolute atomic E-state index is 0.00116. The Labute approximate surface area is 82.7 Å². The lowest BCUT2D eigenvalue weighted by atomic mass is 10.2. The molecule has 0 radical (unpaired) electrons. The number of ether oxygens (including phenoxy) is 1. The fraction of sp³-hybridized carbons (Fsp3) is 1.00. The molecule has 1 heterocycles. The molecule has 0 aromatic heterocycles. The highest BCUT2D eigenvalue weighted by molar-refractivity contribution is 7.79. The van der Waals surface area contributed by atoms with Crippen LogP contribution in [0.25, 0.3) is 0 Å². The molecule has 1 saturated heterocycles. The Bertz CT molecular complexity index is 225. The molecule has 0 aromatic rings. The molecule has 1 aliphatic rings. The molecule has 0 aromatic carbocycles. The van der Waals surface area contributed by atoms with Crippen LogP contribution in [0.4, 0.5) is 0 Å². The van der Waals surface area contributed by atoms with Gasteiger partial charge < -0.3 is 15.2 Å². The standard InChI is InChI=1S/C6H13NO2.H2O4S/c1-5(8)6-4-7-2-3-9-6;1-5(2,3)4/h5-8H,2-4H2,1H3;(H2,1,2,3,4). The van der Waals surface area contributed by atoms with Crippen molar-refractivity contribution in [2.24, 2.45) is 0 Å². The lowest BCUT2D eigenvalue weighted by Crippen LogP contribution is -2.43. The van der Waals surface area contributed by atoms with Gasteiger partial charge in [0, 0.05) is 13.1 Å². The average Bonchev–Trinajstić information content (AvgIpc) is 2.03. The molecule has 7 nitrogen and oxygen atoms in total. The fourth-order valence-corrected chi connectivity index (χ4v) is 0.896. The monoisotopic (exact) mass is 229 g/mol. The van der Waals surface area contributed by atoms with Crippen LogP contribution in [0.15, 0.2) is 0 Å². The molecule has 1 fully saturated rings. The summed E-state index contributed by atoms with van der Waals surface area (Å²) in [5.74, 6) is 0. The third kappa shape index (κ3) is 9.84. The molecule has 0 amide bonds. The Balaban J connectivity index is 0.000000292. The summed E-state index contributed by atoms with van der Waals surface area (Å²) >= 11 is 0. The van der Waals surface area contributed by atoms with Crippen molar-refractivity contribution < 1.29 is 27.4 Å². The minimum atomic E-state index is -4.67. The van der Waals surface area contributed by atoms with Crippen LogP contribution in [0.2, 0.25) is 0 Å². The van der Waals surface area contributed by atoms with Gasteiger partial charge in [0.05, 0.1) is 18.8 Å². The van der Waals surface area contributed by atoms with Gasteiger partial charge in [-0.1, -0.05) is 0 Å². The molecule has 0 spiro atoms. The molecule has 0 aliphatic carbocycles. The quantitative estimate of drug-likeness (QED) is 0.413. The van der Waals surface area contributed by atoms with Crippen LogP contribution in [0.1, 0.15) is 6.92 Å². The molecular weight excluding hydrogens is 214 g/mol. The molecule has 1 aliphatic heterocycles. The Kier molecular flexibility index (Phi) is 6.16. The van der Waals surface area contributed by atoms with Crippen LogP contribution < -0.4 is 5.32 Å². The molecule has 86 valence electrons. The highest BCUT2D eigenvalue weighted by Gasteiger charge is 2.17. The van der Waals surface area contributed by atoms with E-state index in [0.29, 0.717) is 0 Å². The smallest absolute Gasteiger partial charge is 0.391 e. The second kappa shape index (κ2) is 6.27. The van der Waals surface area contributed by atoms with E-state index in [0.717, 1.165) is 19.7 Å². The lowest BCUT2D eigenvalue weighted by molar-refractivity contribution is -0.0445. The molecule has 0 saturated carbocycles. The van der Waals surface area contributed by atoms with Gasteiger partial charge in [0.2, 0.25) is 0 Å². The minimum Gasteiger partial charge on any atom is -0.391 e. The van der Waals surface area contributed by atoms with Crippen molar-refractivity contribution in [1.29, 1.82) is 0 Å².